The van der Waals surface area contributed by atoms with Crippen molar-refractivity contribution in [3.8, 4) is 17.2 Å². The van der Waals surface area contributed by atoms with Gasteiger partial charge in [-0.2, -0.15) is 4.99 Å². The number of amidine groups is 1. The average Bonchev–Trinajstić information content (AvgIpc) is 3.23. The third-order valence-corrected chi connectivity index (χ3v) is 8.25. The third-order valence-electron chi connectivity index (χ3n) is 5.04. The van der Waals surface area contributed by atoms with Gasteiger partial charge in [-0.1, -0.05) is 30.0 Å². The van der Waals surface area contributed by atoms with E-state index in [0.717, 1.165) is 0 Å². The van der Waals surface area contributed by atoms with Gasteiger partial charge in [-0.05, 0) is 24.3 Å². The van der Waals surface area contributed by atoms with Crippen LogP contribution in [0.5, 0.6) is 17.2 Å². The lowest BCUT2D eigenvalue weighted by atomic mass is 10.2. The summed E-state index contributed by atoms with van der Waals surface area (Å²) in [7, 11) is -0.0882. The Bertz CT molecular complexity index is 1100. The van der Waals surface area contributed by atoms with Crippen molar-refractivity contribution in [1.82, 2.24) is 0 Å². The van der Waals surface area contributed by atoms with Gasteiger partial charge in [0.25, 0.3) is 5.91 Å². The molecule has 0 aliphatic carbocycles. The van der Waals surface area contributed by atoms with Crippen LogP contribution < -0.4 is 19.1 Å². The van der Waals surface area contributed by atoms with E-state index in [2.05, 4.69) is 4.99 Å². The molecule has 0 saturated carbocycles. The van der Waals surface area contributed by atoms with E-state index in [1.807, 2.05) is 18.2 Å². The lowest BCUT2D eigenvalue weighted by Gasteiger charge is -2.26. The number of benzene rings is 2. The highest BCUT2D eigenvalue weighted by Crippen LogP contribution is 2.44. The van der Waals surface area contributed by atoms with Crippen LogP contribution >= 0.6 is 11.8 Å². The van der Waals surface area contributed by atoms with Crippen LogP contribution in [0.2, 0.25) is 0 Å². The van der Waals surface area contributed by atoms with Gasteiger partial charge in [-0.15, -0.1) is 0 Å². The van der Waals surface area contributed by atoms with Crippen LogP contribution in [0.4, 0.5) is 5.69 Å². The summed E-state index contributed by atoms with van der Waals surface area (Å²) >= 11 is 1.30. The van der Waals surface area contributed by atoms with Gasteiger partial charge in [-0.3, -0.25) is 4.79 Å². The van der Waals surface area contributed by atoms with Gasteiger partial charge in [0.05, 0.1) is 37.5 Å². The molecule has 1 amide bonds. The Kier molecular flexibility index (Phi) is 6.10. The van der Waals surface area contributed by atoms with E-state index in [0.29, 0.717) is 28.1 Å². The SMILES string of the molecule is COc1ccc(N2C(=NC(=O)COc3ccccc3)S[C@H]3CS(=O)(=O)C[C@@H]32)c(OC)c1. The van der Waals surface area contributed by atoms with Gasteiger partial charge in [0.1, 0.15) is 17.2 Å². The fourth-order valence-corrected chi connectivity index (χ4v) is 7.56. The fourth-order valence-electron chi connectivity index (χ4n) is 3.63. The maximum absolute atomic E-state index is 12.5. The Hall–Kier alpha value is -2.72. The normalized spacial score (nSPS) is 22.9. The molecule has 2 heterocycles. The molecule has 0 aromatic heterocycles. The Balaban J connectivity index is 1.63. The number of para-hydroxylation sites is 1. The molecule has 0 radical (unpaired) electrons. The molecule has 2 aromatic carbocycles. The molecule has 164 valence electrons. The lowest BCUT2D eigenvalue weighted by molar-refractivity contribution is -0.119. The number of nitrogens with zero attached hydrogens (tertiary/aromatic N) is 2. The van der Waals surface area contributed by atoms with Gasteiger partial charge >= 0.3 is 0 Å². The summed E-state index contributed by atoms with van der Waals surface area (Å²) < 4.78 is 40.8. The van der Waals surface area contributed by atoms with Crippen molar-refractivity contribution in [3.63, 3.8) is 0 Å². The van der Waals surface area contributed by atoms with E-state index >= 15 is 0 Å². The number of amides is 1. The van der Waals surface area contributed by atoms with Crippen LogP contribution in [0.1, 0.15) is 0 Å². The highest BCUT2D eigenvalue weighted by molar-refractivity contribution is 8.16. The van der Waals surface area contributed by atoms with Crippen LogP contribution in [-0.2, 0) is 14.6 Å². The predicted octanol–water partition coefficient (Wildman–Crippen LogP) is 2.38. The van der Waals surface area contributed by atoms with Crippen molar-refractivity contribution in [2.45, 2.75) is 11.3 Å². The lowest BCUT2D eigenvalue weighted by Crippen LogP contribution is -2.38. The molecule has 8 nitrogen and oxygen atoms in total. The number of methoxy groups -OCH3 is 2. The highest BCUT2D eigenvalue weighted by Gasteiger charge is 2.50. The first-order chi connectivity index (χ1) is 14.9. The zero-order chi connectivity index (χ0) is 22.0. The largest absolute Gasteiger partial charge is 0.497 e. The van der Waals surface area contributed by atoms with Crippen LogP contribution in [-0.4, -0.2) is 63.1 Å². The van der Waals surface area contributed by atoms with E-state index in [9.17, 15) is 13.2 Å². The molecule has 2 fully saturated rings. The van der Waals surface area contributed by atoms with E-state index in [1.54, 1.807) is 42.3 Å². The first-order valence-electron chi connectivity index (χ1n) is 9.58. The number of fused-ring (bicyclic) bond motifs is 1. The van der Waals surface area contributed by atoms with E-state index in [4.69, 9.17) is 14.2 Å². The predicted molar refractivity (Wildman–Crippen MR) is 120 cm³/mol. The van der Waals surface area contributed by atoms with Gasteiger partial charge in [0.2, 0.25) is 0 Å². The minimum absolute atomic E-state index is 0.00637. The number of hydrogen-bond acceptors (Lipinski definition) is 7. The second-order valence-electron chi connectivity index (χ2n) is 7.10. The Morgan fingerprint density at radius 2 is 1.87 bits per heavy atom. The van der Waals surface area contributed by atoms with Gasteiger partial charge in [0, 0.05) is 11.3 Å². The number of carbonyl (C=O) groups excluding carboxylic acids is 1. The summed E-state index contributed by atoms with van der Waals surface area (Å²) in [5.74, 6) is 1.27. The van der Waals surface area contributed by atoms with Crippen LogP contribution in [0.3, 0.4) is 0 Å². The average molecular weight is 463 g/mol. The standard InChI is InChI=1S/C21H22N2O6S2/c1-27-15-8-9-16(18(10-15)28-2)23-17-12-31(25,26)13-19(17)30-21(23)22-20(24)11-29-14-6-4-3-5-7-14/h3-10,17,19H,11-13H2,1-2H3/t17-,19-/m0/s1. The topological polar surface area (TPSA) is 94.5 Å². The summed E-state index contributed by atoms with van der Waals surface area (Å²) in [6, 6.07) is 13.9. The molecule has 2 aliphatic heterocycles. The number of aliphatic imine (C=N–C) groups is 1. The second-order valence-corrected chi connectivity index (χ2v) is 10.5. The summed E-state index contributed by atoms with van der Waals surface area (Å²) in [6.45, 7) is -0.213. The minimum atomic E-state index is -3.17. The van der Waals surface area contributed by atoms with Crippen molar-refractivity contribution in [2.24, 2.45) is 4.99 Å². The number of sulfone groups is 1. The molecule has 4 rings (SSSR count). The molecule has 2 aliphatic rings. The van der Waals surface area contributed by atoms with Crippen molar-refractivity contribution in [1.29, 1.82) is 0 Å². The van der Waals surface area contributed by atoms with Crippen LogP contribution in [0.15, 0.2) is 53.5 Å². The number of rotatable bonds is 6. The van der Waals surface area contributed by atoms with Crippen molar-refractivity contribution in [3.05, 3.63) is 48.5 Å². The number of anilines is 1. The van der Waals surface area contributed by atoms with Gasteiger partial charge in [0.15, 0.2) is 21.6 Å². The molecule has 2 atom stereocenters. The molecule has 0 unspecified atom stereocenters. The van der Waals surface area contributed by atoms with Gasteiger partial charge < -0.3 is 19.1 Å². The number of hydrogen-bond donors (Lipinski definition) is 0. The summed E-state index contributed by atoms with van der Waals surface area (Å²) in [5, 5.41) is 0.230. The van der Waals surface area contributed by atoms with Crippen molar-refractivity contribution >= 4 is 38.4 Å². The molecule has 31 heavy (non-hydrogen) atoms. The Labute approximate surface area is 185 Å². The van der Waals surface area contributed by atoms with E-state index in [1.165, 1.54) is 18.9 Å². The zero-order valence-corrected chi connectivity index (χ0v) is 18.7. The molecular formula is C21H22N2O6S2. The number of ether oxygens (including phenoxy) is 3. The monoisotopic (exact) mass is 462 g/mol. The molecular weight excluding hydrogens is 440 g/mol. The molecule has 2 saturated heterocycles. The third kappa shape index (κ3) is 4.64. The summed E-state index contributed by atoms with van der Waals surface area (Å²) in [4.78, 5) is 18.6. The maximum atomic E-state index is 12.5. The number of thioether (sulfide) groups is 1. The van der Waals surface area contributed by atoms with Crippen LogP contribution in [0, 0.1) is 0 Å². The molecule has 0 N–H and O–H groups in total. The van der Waals surface area contributed by atoms with E-state index in [-0.39, 0.29) is 29.4 Å². The Morgan fingerprint density at radius 3 is 2.58 bits per heavy atom. The second kappa shape index (κ2) is 8.80. The molecule has 0 bridgehead atoms. The minimum Gasteiger partial charge on any atom is -0.497 e. The number of carbonyl (C=O) groups is 1. The highest BCUT2D eigenvalue weighted by atomic mass is 32.2. The maximum Gasteiger partial charge on any atom is 0.285 e. The molecule has 10 heteroatoms. The first kappa shape index (κ1) is 21.5. The van der Waals surface area contributed by atoms with Gasteiger partial charge in [-0.25, -0.2) is 8.42 Å². The molecule has 2 aromatic rings. The summed E-state index contributed by atoms with van der Waals surface area (Å²) in [6.07, 6.45) is 0. The first-order valence-corrected chi connectivity index (χ1v) is 12.3. The fraction of sp³-hybridized carbons (Fsp3) is 0.333. The van der Waals surface area contributed by atoms with E-state index < -0.39 is 15.7 Å². The van der Waals surface area contributed by atoms with Crippen molar-refractivity contribution < 1.29 is 27.4 Å². The zero-order valence-electron chi connectivity index (χ0n) is 17.1. The van der Waals surface area contributed by atoms with Crippen molar-refractivity contribution in [2.75, 3.05) is 37.2 Å². The summed E-state index contributed by atoms with van der Waals surface area (Å²) in [5.41, 5.74) is 0.635. The molecule has 0 spiro atoms. The smallest absolute Gasteiger partial charge is 0.285 e. The van der Waals surface area contributed by atoms with Crippen LogP contribution in [0.25, 0.3) is 0 Å². The quantitative estimate of drug-likeness (QED) is 0.646. The Morgan fingerprint density at radius 1 is 1.10 bits per heavy atom.